The highest BCUT2D eigenvalue weighted by Gasteiger charge is 2.20. The molecule has 1 aromatic carbocycles. The summed E-state index contributed by atoms with van der Waals surface area (Å²) in [4.78, 5) is 0.306. The number of hydrogen-bond donors (Lipinski definition) is 0. The van der Waals surface area contributed by atoms with Crippen molar-refractivity contribution >= 4 is 9.84 Å². The second-order valence-electron chi connectivity index (χ2n) is 3.86. The molecule has 2 aromatic rings. The maximum atomic E-state index is 12.2. The van der Waals surface area contributed by atoms with Crippen molar-refractivity contribution in [2.75, 3.05) is 7.11 Å². The van der Waals surface area contributed by atoms with Gasteiger partial charge < -0.3 is 9.26 Å². The first-order valence-electron chi connectivity index (χ1n) is 5.31. The van der Waals surface area contributed by atoms with Gasteiger partial charge in [0, 0.05) is 6.07 Å². The lowest BCUT2D eigenvalue weighted by Gasteiger charge is -2.04. The van der Waals surface area contributed by atoms with Gasteiger partial charge in [0.05, 0.1) is 12.0 Å². The first kappa shape index (κ1) is 12.6. The highest BCUT2D eigenvalue weighted by molar-refractivity contribution is 7.90. The molecule has 96 valence electrons. The molecule has 1 aromatic heterocycles. The largest absolute Gasteiger partial charge is 0.479 e. The highest BCUT2D eigenvalue weighted by Crippen LogP contribution is 2.21. The van der Waals surface area contributed by atoms with E-state index in [0.29, 0.717) is 10.5 Å². The number of aromatic nitrogens is 1. The molecule has 6 heteroatoms. The van der Waals surface area contributed by atoms with Crippen molar-refractivity contribution in [3.8, 4) is 5.88 Å². The Morgan fingerprint density at radius 1 is 1.33 bits per heavy atom. The van der Waals surface area contributed by atoms with E-state index in [1.807, 2.05) is 0 Å². The van der Waals surface area contributed by atoms with Crippen LogP contribution in [0.1, 0.15) is 11.3 Å². The summed E-state index contributed by atoms with van der Waals surface area (Å²) in [5, 5.41) is 3.57. The Morgan fingerprint density at radius 2 is 2.06 bits per heavy atom. The van der Waals surface area contributed by atoms with Crippen molar-refractivity contribution in [3.05, 3.63) is 41.7 Å². The van der Waals surface area contributed by atoms with Crippen LogP contribution in [0, 0.1) is 6.92 Å². The molecule has 5 nitrogen and oxygen atoms in total. The fraction of sp³-hybridized carbons (Fsp3) is 0.250. The van der Waals surface area contributed by atoms with Gasteiger partial charge in [-0.15, -0.1) is 0 Å². The molecule has 0 amide bonds. The molecule has 1 heterocycles. The number of methoxy groups -OCH3 is 1. The molecule has 0 spiro atoms. The molecule has 0 radical (unpaired) electrons. The fourth-order valence-corrected chi connectivity index (χ4v) is 3.14. The molecule has 0 aliphatic rings. The molecule has 0 N–H and O–H groups in total. The van der Waals surface area contributed by atoms with Crippen LogP contribution in [0.15, 0.2) is 39.8 Å². The predicted octanol–water partition coefficient (Wildman–Crippen LogP) is 1.97. The molecule has 0 bridgehead atoms. The van der Waals surface area contributed by atoms with E-state index in [-0.39, 0.29) is 17.4 Å². The van der Waals surface area contributed by atoms with Gasteiger partial charge in [0.25, 0.3) is 5.88 Å². The highest BCUT2D eigenvalue weighted by atomic mass is 32.2. The molecule has 0 aliphatic heterocycles. The van der Waals surface area contributed by atoms with E-state index in [1.54, 1.807) is 31.2 Å². The molecule has 18 heavy (non-hydrogen) atoms. The van der Waals surface area contributed by atoms with Crippen molar-refractivity contribution in [1.82, 2.24) is 5.16 Å². The molecular weight excluding hydrogens is 254 g/mol. The average Bonchev–Trinajstić information content (AvgIpc) is 2.76. The summed E-state index contributed by atoms with van der Waals surface area (Å²) in [6, 6.07) is 8.30. The number of aryl methyl sites for hydroxylation is 1. The Labute approximate surface area is 105 Å². The normalized spacial score (nSPS) is 11.4. The lowest BCUT2D eigenvalue weighted by molar-refractivity contribution is 0.330. The van der Waals surface area contributed by atoms with Crippen LogP contribution in [0.4, 0.5) is 0 Å². The van der Waals surface area contributed by atoms with Crippen molar-refractivity contribution < 1.29 is 17.7 Å². The molecule has 0 atom stereocenters. The van der Waals surface area contributed by atoms with E-state index in [9.17, 15) is 8.42 Å². The summed E-state index contributed by atoms with van der Waals surface area (Å²) in [7, 11) is -1.99. The van der Waals surface area contributed by atoms with Gasteiger partial charge in [0.15, 0.2) is 15.6 Å². The van der Waals surface area contributed by atoms with E-state index in [2.05, 4.69) is 5.16 Å². The Hall–Kier alpha value is -1.82. The van der Waals surface area contributed by atoms with Gasteiger partial charge in [-0.05, 0) is 23.7 Å². The molecular formula is C12H13NO4S. The van der Waals surface area contributed by atoms with Gasteiger partial charge in [-0.3, -0.25) is 0 Å². The Bertz CT molecular complexity index is 646. The third-order valence-corrected chi connectivity index (χ3v) is 4.30. The average molecular weight is 267 g/mol. The minimum atomic E-state index is -3.43. The van der Waals surface area contributed by atoms with Crippen LogP contribution in [-0.4, -0.2) is 20.7 Å². The van der Waals surface area contributed by atoms with Crippen LogP contribution < -0.4 is 4.74 Å². The third-order valence-electron chi connectivity index (χ3n) is 2.51. The third kappa shape index (κ3) is 2.53. The SMILES string of the molecule is COc1cc(CS(=O)(=O)c2ccccc2C)on1. The van der Waals surface area contributed by atoms with Gasteiger partial charge in [-0.25, -0.2) is 8.42 Å². The molecule has 0 fully saturated rings. The molecule has 0 aliphatic carbocycles. The number of ether oxygens (including phenoxy) is 1. The number of sulfone groups is 1. The van der Waals surface area contributed by atoms with Gasteiger partial charge in [-0.2, -0.15) is 0 Å². The van der Waals surface area contributed by atoms with Gasteiger partial charge in [0.1, 0.15) is 5.75 Å². The second kappa shape index (κ2) is 4.81. The number of rotatable bonds is 4. The van der Waals surface area contributed by atoms with Crippen molar-refractivity contribution in [3.63, 3.8) is 0 Å². The number of benzene rings is 1. The molecule has 2 rings (SSSR count). The maximum Gasteiger partial charge on any atom is 0.254 e. The van der Waals surface area contributed by atoms with Crippen molar-refractivity contribution in [1.29, 1.82) is 0 Å². The summed E-state index contributed by atoms with van der Waals surface area (Å²) >= 11 is 0. The Kier molecular flexibility index (Phi) is 3.38. The van der Waals surface area contributed by atoms with Gasteiger partial charge in [-0.1, -0.05) is 18.2 Å². The predicted molar refractivity (Wildman–Crippen MR) is 65.1 cm³/mol. The fourth-order valence-electron chi connectivity index (χ4n) is 1.63. The Morgan fingerprint density at radius 3 is 2.67 bits per heavy atom. The molecule has 0 saturated heterocycles. The van der Waals surface area contributed by atoms with Gasteiger partial charge >= 0.3 is 0 Å². The summed E-state index contributed by atoms with van der Waals surface area (Å²) in [6.07, 6.45) is 0. The maximum absolute atomic E-state index is 12.2. The van der Waals surface area contributed by atoms with Crippen molar-refractivity contribution in [2.24, 2.45) is 0 Å². The number of nitrogens with zero attached hydrogens (tertiary/aromatic N) is 1. The van der Waals surface area contributed by atoms with Crippen LogP contribution in [0.25, 0.3) is 0 Å². The lowest BCUT2D eigenvalue weighted by atomic mass is 10.2. The van der Waals surface area contributed by atoms with Crippen LogP contribution >= 0.6 is 0 Å². The summed E-state index contributed by atoms with van der Waals surface area (Å²) in [5.74, 6) is 0.300. The lowest BCUT2D eigenvalue weighted by Crippen LogP contribution is -2.06. The quantitative estimate of drug-likeness (QED) is 0.847. The monoisotopic (exact) mass is 267 g/mol. The molecule has 0 unspecified atom stereocenters. The first-order valence-corrected chi connectivity index (χ1v) is 6.96. The minimum absolute atomic E-state index is 0.228. The van der Waals surface area contributed by atoms with E-state index >= 15 is 0 Å². The van der Waals surface area contributed by atoms with Gasteiger partial charge in [0.2, 0.25) is 0 Å². The van der Waals surface area contributed by atoms with E-state index < -0.39 is 9.84 Å². The van der Waals surface area contributed by atoms with Crippen LogP contribution in [0.2, 0.25) is 0 Å². The number of hydrogen-bond acceptors (Lipinski definition) is 5. The zero-order chi connectivity index (χ0) is 13.2. The van der Waals surface area contributed by atoms with E-state index in [4.69, 9.17) is 9.26 Å². The standard InChI is InChI=1S/C12H13NO4S/c1-9-5-3-4-6-11(9)18(14,15)8-10-7-12(16-2)13-17-10/h3-7H,8H2,1-2H3. The summed E-state index contributed by atoms with van der Waals surface area (Å²) in [6.45, 7) is 1.76. The van der Waals surface area contributed by atoms with E-state index in [1.165, 1.54) is 13.2 Å². The smallest absolute Gasteiger partial charge is 0.254 e. The zero-order valence-corrected chi connectivity index (χ0v) is 10.9. The first-order chi connectivity index (χ1) is 8.53. The minimum Gasteiger partial charge on any atom is -0.479 e. The topological polar surface area (TPSA) is 69.4 Å². The Balaban J connectivity index is 2.30. The summed E-state index contributed by atoms with van der Waals surface area (Å²) < 4.78 is 34.1. The second-order valence-corrected chi connectivity index (χ2v) is 5.82. The van der Waals surface area contributed by atoms with Crippen molar-refractivity contribution in [2.45, 2.75) is 17.6 Å². The van der Waals surface area contributed by atoms with Crippen LogP contribution in [0.5, 0.6) is 5.88 Å². The zero-order valence-electron chi connectivity index (χ0n) is 10.1. The van der Waals surface area contributed by atoms with E-state index in [0.717, 1.165) is 0 Å². The van der Waals surface area contributed by atoms with Crippen LogP contribution in [0.3, 0.4) is 0 Å². The van der Waals surface area contributed by atoms with Crippen LogP contribution in [-0.2, 0) is 15.6 Å². The molecule has 0 saturated carbocycles. The summed E-state index contributed by atoms with van der Waals surface area (Å²) in [5.41, 5.74) is 0.712.